The van der Waals surface area contributed by atoms with Gasteiger partial charge in [-0.1, -0.05) is 12.1 Å². The minimum absolute atomic E-state index is 0.478. The molecule has 1 N–H and O–H groups in total. The number of benzene rings is 2. The normalized spacial score (nSPS) is 11.7. The fourth-order valence-electron chi connectivity index (χ4n) is 2.25. The lowest BCUT2D eigenvalue weighted by atomic mass is 9.99. The van der Waals surface area contributed by atoms with Gasteiger partial charge in [0.2, 0.25) is 0 Å². The molecule has 1 atom stereocenters. The number of ether oxygens (including phenoxy) is 4. The Balaban J connectivity index is 2.48. The molecule has 5 nitrogen and oxygen atoms in total. The van der Waals surface area contributed by atoms with Crippen LogP contribution in [0.1, 0.15) is 17.2 Å². The quantitative estimate of drug-likeness (QED) is 0.889. The highest BCUT2D eigenvalue weighted by molar-refractivity contribution is 5.54. The van der Waals surface area contributed by atoms with E-state index in [1.165, 1.54) is 7.11 Å². The molecule has 5 heteroatoms. The van der Waals surface area contributed by atoms with E-state index in [-0.39, 0.29) is 0 Å². The summed E-state index contributed by atoms with van der Waals surface area (Å²) in [6.45, 7) is 0. The van der Waals surface area contributed by atoms with Crippen LogP contribution in [0.4, 0.5) is 0 Å². The summed E-state index contributed by atoms with van der Waals surface area (Å²) >= 11 is 0. The summed E-state index contributed by atoms with van der Waals surface area (Å²) in [5.74, 6) is 2.29. The molecule has 2 aromatic rings. The van der Waals surface area contributed by atoms with Crippen LogP contribution in [0.2, 0.25) is 0 Å². The van der Waals surface area contributed by atoms with Crippen LogP contribution in [-0.4, -0.2) is 33.5 Å². The monoisotopic (exact) mass is 304 g/mol. The molecule has 0 radical (unpaired) electrons. The molecule has 0 aliphatic carbocycles. The van der Waals surface area contributed by atoms with Crippen LogP contribution in [0.15, 0.2) is 36.4 Å². The number of aliphatic hydroxyl groups excluding tert-OH is 1. The minimum Gasteiger partial charge on any atom is -0.497 e. The molecule has 22 heavy (non-hydrogen) atoms. The van der Waals surface area contributed by atoms with Crippen LogP contribution >= 0.6 is 0 Å². The Bertz CT molecular complexity index is 622. The molecular weight excluding hydrogens is 284 g/mol. The lowest BCUT2D eigenvalue weighted by molar-refractivity contribution is 0.212. The molecule has 0 spiro atoms. The van der Waals surface area contributed by atoms with Crippen molar-refractivity contribution in [2.75, 3.05) is 28.4 Å². The average molecular weight is 304 g/mol. The zero-order valence-corrected chi connectivity index (χ0v) is 13.1. The van der Waals surface area contributed by atoms with Crippen molar-refractivity contribution in [1.82, 2.24) is 0 Å². The first-order valence-corrected chi connectivity index (χ1v) is 6.76. The fourth-order valence-corrected chi connectivity index (χ4v) is 2.25. The third-order valence-corrected chi connectivity index (χ3v) is 3.44. The maximum atomic E-state index is 10.7. The molecule has 0 saturated carbocycles. The molecule has 2 rings (SSSR count). The first-order chi connectivity index (χ1) is 10.6. The predicted molar refractivity (Wildman–Crippen MR) is 83.2 cm³/mol. The topological polar surface area (TPSA) is 57.2 Å². The molecule has 0 aliphatic rings. The van der Waals surface area contributed by atoms with Crippen LogP contribution < -0.4 is 18.9 Å². The Hall–Kier alpha value is -2.40. The van der Waals surface area contributed by atoms with Crippen molar-refractivity contribution in [3.8, 4) is 23.0 Å². The van der Waals surface area contributed by atoms with Crippen LogP contribution in [-0.2, 0) is 0 Å². The Kier molecular flexibility index (Phi) is 5.12. The smallest absolute Gasteiger partial charge is 0.167 e. The van der Waals surface area contributed by atoms with Gasteiger partial charge in [-0.15, -0.1) is 0 Å². The van der Waals surface area contributed by atoms with Crippen LogP contribution in [0.3, 0.4) is 0 Å². The van der Waals surface area contributed by atoms with Crippen molar-refractivity contribution in [1.29, 1.82) is 0 Å². The maximum Gasteiger partial charge on any atom is 0.167 e. The van der Waals surface area contributed by atoms with Gasteiger partial charge >= 0.3 is 0 Å². The molecule has 0 amide bonds. The first-order valence-electron chi connectivity index (χ1n) is 6.76. The molecule has 2 aromatic carbocycles. The van der Waals surface area contributed by atoms with E-state index in [9.17, 15) is 5.11 Å². The average Bonchev–Trinajstić information content (AvgIpc) is 2.59. The van der Waals surface area contributed by atoms with E-state index in [4.69, 9.17) is 18.9 Å². The van der Waals surface area contributed by atoms with E-state index in [2.05, 4.69) is 0 Å². The molecule has 0 aromatic heterocycles. The van der Waals surface area contributed by atoms with Gasteiger partial charge in [0.25, 0.3) is 0 Å². The van der Waals surface area contributed by atoms with Crippen molar-refractivity contribution in [3.05, 3.63) is 47.5 Å². The Labute approximate surface area is 130 Å². The second-order valence-electron chi connectivity index (χ2n) is 4.63. The maximum absolute atomic E-state index is 10.7. The summed E-state index contributed by atoms with van der Waals surface area (Å²) in [5, 5.41) is 10.7. The second-order valence-corrected chi connectivity index (χ2v) is 4.63. The number of hydrogen-bond acceptors (Lipinski definition) is 5. The SMILES string of the molecule is COc1ccc(C(O)c2cc(OC)cc(OC)c2OC)cc1. The molecular formula is C17H20O5. The minimum atomic E-state index is -0.871. The van der Waals surface area contributed by atoms with E-state index in [1.54, 1.807) is 57.7 Å². The zero-order chi connectivity index (χ0) is 16.1. The highest BCUT2D eigenvalue weighted by Crippen LogP contribution is 2.40. The van der Waals surface area contributed by atoms with Gasteiger partial charge in [-0.25, -0.2) is 0 Å². The van der Waals surface area contributed by atoms with Gasteiger partial charge in [-0.3, -0.25) is 0 Å². The Morgan fingerprint density at radius 1 is 0.773 bits per heavy atom. The molecule has 0 saturated heterocycles. The van der Waals surface area contributed by atoms with Crippen molar-refractivity contribution >= 4 is 0 Å². The highest BCUT2D eigenvalue weighted by atomic mass is 16.5. The zero-order valence-electron chi connectivity index (χ0n) is 13.1. The Morgan fingerprint density at radius 2 is 1.41 bits per heavy atom. The van der Waals surface area contributed by atoms with Gasteiger partial charge in [0.1, 0.15) is 17.6 Å². The summed E-state index contributed by atoms with van der Waals surface area (Å²) in [6, 6.07) is 10.6. The summed E-state index contributed by atoms with van der Waals surface area (Å²) in [5.41, 5.74) is 1.29. The van der Waals surface area contributed by atoms with Crippen molar-refractivity contribution in [2.45, 2.75) is 6.10 Å². The van der Waals surface area contributed by atoms with E-state index >= 15 is 0 Å². The highest BCUT2D eigenvalue weighted by Gasteiger charge is 2.21. The molecule has 118 valence electrons. The van der Waals surface area contributed by atoms with Gasteiger partial charge in [0.05, 0.1) is 28.4 Å². The molecule has 0 fully saturated rings. The van der Waals surface area contributed by atoms with Crippen LogP contribution in [0, 0.1) is 0 Å². The standard InChI is InChI=1S/C17H20O5/c1-19-12-7-5-11(6-8-12)16(18)14-9-13(20-2)10-15(21-3)17(14)22-4/h5-10,16,18H,1-4H3. The number of hydrogen-bond donors (Lipinski definition) is 1. The predicted octanol–water partition coefficient (Wildman–Crippen LogP) is 2.80. The number of aliphatic hydroxyl groups is 1. The molecule has 0 heterocycles. The van der Waals surface area contributed by atoms with E-state index in [1.807, 2.05) is 0 Å². The third-order valence-electron chi connectivity index (χ3n) is 3.44. The van der Waals surface area contributed by atoms with Gasteiger partial charge in [-0.2, -0.15) is 0 Å². The summed E-state index contributed by atoms with van der Waals surface area (Å²) in [6.07, 6.45) is -0.871. The third kappa shape index (κ3) is 3.09. The summed E-state index contributed by atoms with van der Waals surface area (Å²) < 4.78 is 21.1. The summed E-state index contributed by atoms with van der Waals surface area (Å²) in [4.78, 5) is 0. The molecule has 0 bridgehead atoms. The van der Waals surface area contributed by atoms with E-state index < -0.39 is 6.10 Å². The largest absolute Gasteiger partial charge is 0.497 e. The molecule has 0 aliphatic heterocycles. The summed E-state index contributed by atoms with van der Waals surface area (Å²) in [7, 11) is 6.24. The Morgan fingerprint density at radius 3 is 1.91 bits per heavy atom. The van der Waals surface area contributed by atoms with Crippen molar-refractivity contribution in [3.63, 3.8) is 0 Å². The number of methoxy groups -OCH3 is 4. The second kappa shape index (κ2) is 7.04. The van der Waals surface area contributed by atoms with Crippen LogP contribution in [0.5, 0.6) is 23.0 Å². The van der Waals surface area contributed by atoms with Crippen LogP contribution in [0.25, 0.3) is 0 Å². The van der Waals surface area contributed by atoms with Gasteiger partial charge in [-0.05, 0) is 23.8 Å². The first kappa shape index (κ1) is 16.0. The fraction of sp³-hybridized carbons (Fsp3) is 0.294. The number of rotatable bonds is 6. The van der Waals surface area contributed by atoms with Gasteiger partial charge < -0.3 is 24.1 Å². The lowest BCUT2D eigenvalue weighted by Gasteiger charge is -2.19. The van der Waals surface area contributed by atoms with E-state index in [0.717, 1.165) is 11.3 Å². The van der Waals surface area contributed by atoms with Gasteiger partial charge in [0.15, 0.2) is 11.5 Å². The van der Waals surface area contributed by atoms with Crippen molar-refractivity contribution < 1.29 is 24.1 Å². The van der Waals surface area contributed by atoms with Crippen molar-refractivity contribution in [2.24, 2.45) is 0 Å². The lowest BCUT2D eigenvalue weighted by Crippen LogP contribution is -2.05. The van der Waals surface area contributed by atoms with Gasteiger partial charge in [0, 0.05) is 11.6 Å². The van der Waals surface area contributed by atoms with E-state index in [0.29, 0.717) is 22.8 Å². The molecule has 1 unspecified atom stereocenters.